The topological polar surface area (TPSA) is 101 Å². The number of sulfone groups is 1. The van der Waals surface area contributed by atoms with Gasteiger partial charge in [0.2, 0.25) is 0 Å². The fourth-order valence-electron chi connectivity index (χ4n) is 5.87. The summed E-state index contributed by atoms with van der Waals surface area (Å²) in [5.41, 5.74) is -1.69. The number of aryl methyl sites for hydroxylation is 1. The molecule has 2 atom stereocenters. The van der Waals surface area contributed by atoms with E-state index in [0.717, 1.165) is 6.07 Å². The molecule has 1 aromatic heterocycles. The zero-order chi connectivity index (χ0) is 26.7. The van der Waals surface area contributed by atoms with Crippen LogP contribution < -0.4 is 5.32 Å². The molecule has 5 rings (SSSR count). The summed E-state index contributed by atoms with van der Waals surface area (Å²) in [6.45, 7) is 0. The predicted octanol–water partition coefficient (Wildman–Crippen LogP) is 4.59. The number of carbonyl (C=O) groups is 1. The van der Waals surface area contributed by atoms with Crippen molar-refractivity contribution in [1.29, 1.82) is 0 Å². The van der Waals surface area contributed by atoms with Crippen LogP contribution in [0, 0.1) is 29.3 Å². The number of imidazole rings is 1. The number of nitrogens with zero attached hydrogens (tertiary/aromatic N) is 2. The van der Waals surface area contributed by atoms with Crippen molar-refractivity contribution in [3.8, 4) is 0 Å². The standard InChI is InChI=1S/C25H23ClF3N3O4S/c1-32-7-6-30-24(32)25(34)11-14-2-3-15(12-25)22(14)37(35,36)20-8-13(4-5-17(20)26)23(33)31-16-9-18(27)21(29)19(28)10-16/h4-10,14-15,22,34H,2-3,11-12H2,1H3,(H,31,33). The van der Waals surface area contributed by atoms with Gasteiger partial charge >= 0.3 is 0 Å². The molecule has 2 fully saturated rings. The van der Waals surface area contributed by atoms with Crippen LogP contribution in [0.1, 0.15) is 41.9 Å². The van der Waals surface area contributed by atoms with E-state index in [9.17, 15) is 31.5 Å². The molecular formula is C25H23ClF3N3O4S. The number of amides is 1. The van der Waals surface area contributed by atoms with Crippen LogP contribution in [0.15, 0.2) is 47.6 Å². The van der Waals surface area contributed by atoms with Crippen LogP contribution >= 0.6 is 11.6 Å². The number of fused-ring (bicyclic) bond motifs is 2. The van der Waals surface area contributed by atoms with E-state index in [1.807, 2.05) is 0 Å². The van der Waals surface area contributed by atoms with Crippen LogP contribution in [-0.2, 0) is 22.5 Å². The highest BCUT2D eigenvalue weighted by molar-refractivity contribution is 7.92. The van der Waals surface area contributed by atoms with E-state index in [1.54, 1.807) is 24.0 Å². The number of anilines is 1. The average molecular weight is 554 g/mol. The van der Waals surface area contributed by atoms with Crippen molar-refractivity contribution < 1.29 is 31.5 Å². The molecule has 1 heterocycles. The van der Waals surface area contributed by atoms with Gasteiger partial charge in [-0.15, -0.1) is 0 Å². The molecular weight excluding hydrogens is 531 g/mol. The fourth-order valence-corrected chi connectivity index (χ4v) is 8.71. The van der Waals surface area contributed by atoms with Crippen molar-refractivity contribution in [2.24, 2.45) is 18.9 Å². The molecule has 0 spiro atoms. The Morgan fingerprint density at radius 3 is 2.32 bits per heavy atom. The summed E-state index contributed by atoms with van der Waals surface area (Å²) in [6.07, 6.45) is 4.98. The Kier molecular flexibility index (Phi) is 6.36. The summed E-state index contributed by atoms with van der Waals surface area (Å²) in [4.78, 5) is 16.8. The Hall–Kier alpha value is -2.89. The largest absolute Gasteiger partial charge is 0.382 e. The van der Waals surface area contributed by atoms with E-state index in [0.29, 0.717) is 30.8 Å². The predicted molar refractivity (Wildman–Crippen MR) is 129 cm³/mol. The molecule has 2 aliphatic carbocycles. The second-order valence-corrected chi connectivity index (χ2v) is 12.2. The summed E-state index contributed by atoms with van der Waals surface area (Å²) in [5, 5.41) is 12.8. The van der Waals surface area contributed by atoms with Crippen LogP contribution in [0.2, 0.25) is 5.02 Å². The zero-order valence-electron chi connectivity index (χ0n) is 19.6. The Morgan fingerprint density at radius 1 is 1.14 bits per heavy atom. The second kappa shape index (κ2) is 9.14. The molecule has 196 valence electrons. The molecule has 3 aromatic rings. The molecule has 37 heavy (non-hydrogen) atoms. The highest BCUT2D eigenvalue weighted by atomic mass is 35.5. The Labute approximate surface area is 216 Å². The normalized spacial score (nSPS) is 25.3. The number of hydrogen-bond donors (Lipinski definition) is 2. The first-order valence-corrected chi connectivity index (χ1v) is 13.5. The smallest absolute Gasteiger partial charge is 0.255 e. The van der Waals surface area contributed by atoms with Gasteiger partial charge in [0.1, 0.15) is 11.4 Å². The number of hydrogen-bond acceptors (Lipinski definition) is 5. The molecule has 2 unspecified atom stereocenters. The molecule has 2 bridgehead atoms. The number of halogens is 4. The van der Waals surface area contributed by atoms with Crippen molar-refractivity contribution in [1.82, 2.24) is 9.55 Å². The van der Waals surface area contributed by atoms with Crippen molar-refractivity contribution in [3.63, 3.8) is 0 Å². The van der Waals surface area contributed by atoms with Gasteiger partial charge in [-0.25, -0.2) is 26.6 Å². The van der Waals surface area contributed by atoms with E-state index >= 15 is 0 Å². The van der Waals surface area contributed by atoms with Gasteiger partial charge in [-0.05, 0) is 55.7 Å². The van der Waals surface area contributed by atoms with Crippen molar-refractivity contribution in [2.75, 3.05) is 5.32 Å². The number of rotatable bonds is 5. The van der Waals surface area contributed by atoms with E-state index in [1.165, 1.54) is 12.1 Å². The van der Waals surface area contributed by atoms with Gasteiger partial charge in [-0.3, -0.25) is 4.79 Å². The van der Waals surface area contributed by atoms with Crippen molar-refractivity contribution in [2.45, 2.75) is 41.4 Å². The highest BCUT2D eigenvalue weighted by Crippen LogP contribution is 2.54. The lowest BCUT2D eigenvalue weighted by Gasteiger charge is -2.40. The molecule has 0 saturated heterocycles. The van der Waals surface area contributed by atoms with E-state index in [4.69, 9.17) is 11.6 Å². The molecule has 2 aliphatic rings. The second-order valence-electron chi connectivity index (χ2n) is 9.76. The SMILES string of the molecule is Cn1ccnc1C1(O)CC2CCC(C1)C2S(=O)(=O)c1cc(C(=O)Nc2cc(F)c(F)c(F)c2)ccc1Cl. The molecule has 7 nitrogen and oxygen atoms in total. The summed E-state index contributed by atoms with van der Waals surface area (Å²) in [5.74, 6) is -5.68. The summed E-state index contributed by atoms with van der Waals surface area (Å²) < 4.78 is 69.7. The fraction of sp³-hybridized carbons (Fsp3) is 0.360. The quantitative estimate of drug-likeness (QED) is 0.450. The van der Waals surface area contributed by atoms with Gasteiger partial charge in [-0.1, -0.05) is 11.6 Å². The van der Waals surface area contributed by atoms with E-state index < -0.39 is 44.0 Å². The lowest BCUT2D eigenvalue weighted by Crippen LogP contribution is -2.45. The van der Waals surface area contributed by atoms with Gasteiger partial charge in [0.05, 0.1) is 15.2 Å². The van der Waals surface area contributed by atoms with Gasteiger partial charge in [0.15, 0.2) is 27.3 Å². The monoisotopic (exact) mass is 553 g/mol. The van der Waals surface area contributed by atoms with Gasteiger partial charge < -0.3 is 15.0 Å². The van der Waals surface area contributed by atoms with Gasteiger partial charge in [0, 0.05) is 42.8 Å². The van der Waals surface area contributed by atoms with Crippen molar-refractivity contribution in [3.05, 3.63) is 76.6 Å². The van der Waals surface area contributed by atoms with Crippen LogP contribution in [0.5, 0.6) is 0 Å². The van der Waals surface area contributed by atoms with E-state index in [-0.39, 0.29) is 45.8 Å². The van der Waals surface area contributed by atoms with Crippen LogP contribution in [-0.4, -0.2) is 34.2 Å². The number of aliphatic hydroxyl groups is 1. The Bertz CT molecular complexity index is 1470. The minimum Gasteiger partial charge on any atom is -0.382 e. The minimum atomic E-state index is -4.03. The summed E-state index contributed by atoms with van der Waals surface area (Å²) in [7, 11) is -2.25. The first-order valence-electron chi connectivity index (χ1n) is 11.6. The first kappa shape index (κ1) is 25.7. The average Bonchev–Trinajstić information content (AvgIpc) is 3.39. The third-order valence-electron chi connectivity index (χ3n) is 7.37. The maximum atomic E-state index is 13.8. The summed E-state index contributed by atoms with van der Waals surface area (Å²) in [6, 6.07) is 4.91. The highest BCUT2D eigenvalue weighted by Gasteiger charge is 2.55. The minimum absolute atomic E-state index is 0.0697. The molecule has 2 N–H and O–H groups in total. The van der Waals surface area contributed by atoms with Crippen molar-refractivity contribution >= 4 is 33.0 Å². The van der Waals surface area contributed by atoms with Crippen LogP contribution in [0.4, 0.5) is 18.9 Å². The molecule has 0 aliphatic heterocycles. The Balaban J connectivity index is 1.43. The third kappa shape index (κ3) is 4.42. The molecule has 12 heteroatoms. The number of aromatic nitrogens is 2. The lowest BCUT2D eigenvalue weighted by molar-refractivity contribution is -0.0337. The zero-order valence-corrected chi connectivity index (χ0v) is 21.2. The Morgan fingerprint density at radius 2 is 1.76 bits per heavy atom. The maximum Gasteiger partial charge on any atom is 0.255 e. The molecule has 1 amide bonds. The number of nitrogens with one attached hydrogen (secondary N) is 1. The third-order valence-corrected chi connectivity index (χ3v) is 10.3. The lowest BCUT2D eigenvalue weighted by atomic mass is 9.76. The van der Waals surface area contributed by atoms with Crippen LogP contribution in [0.3, 0.4) is 0 Å². The van der Waals surface area contributed by atoms with Crippen LogP contribution in [0.25, 0.3) is 0 Å². The number of carbonyl (C=O) groups excluding carboxylic acids is 1. The first-order chi connectivity index (χ1) is 17.4. The molecule has 2 aromatic carbocycles. The van der Waals surface area contributed by atoms with E-state index in [2.05, 4.69) is 10.3 Å². The molecule has 2 saturated carbocycles. The maximum absolute atomic E-state index is 13.8. The summed E-state index contributed by atoms with van der Waals surface area (Å²) >= 11 is 6.28. The van der Waals surface area contributed by atoms with Gasteiger partial charge in [0.25, 0.3) is 5.91 Å². The van der Waals surface area contributed by atoms with Gasteiger partial charge in [-0.2, -0.15) is 0 Å². The molecule has 0 radical (unpaired) electrons. The number of benzene rings is 2.